The van der Waals surface area contributed by atoms with Gasteiger partial charge in [0.15, 0.2) is 0 Å². The van der Waals surface area contributed by atoms with E-state index in [1.54, 1.807) is 0 Å². The molecule has 4 amide bonds. The predicted molar refractivity (Wildman–Crippen MR) is 478 cm³/mol. The summed E-state index contributed by atoms with van der Waals surface area (Å²) in [6.07, 6.45) is 11.0. The zero-order chi connectivity index (χ0) is 81.6. The molecule has 0 saturated heterocycles. The van der Waals surface area contributed by atoms with Crippen molar-refractivity contribution >= 4 is 92.7 Å². The molecule has 0 radical (unpaired) electrons. The Labute approximate surface area is 682 Å². The number of hydrogen-bond acceptors (Lipinski definition) is 6. The van der Waals surface area contributed by atoms with Crippen molar-refractivity contribution in [1.29, 1.82) is 0 Å². The molecule has 5 heterocycles. The maximum atomic E-state index is 15.5. The molecule has 6 N–H and O–H groups in total. The van der Waals surface area contributed by atoms with Crippen molar-refractivity contribution in [2.24, 2.45) is 23.7 Å². The molecule has 116 heavy (non-hydrogen) atoms. The van der Waals surface area contributed by atoms with Gasteiger partial charge in [-0.05, 0) is 176 Å². The van der Waals surface area contributed by atoms with Crippen LogP contribution in [0.2, 0.25) is 0 Å². The van der Waals surface area contributed by atoms with E-state index >= 15 is 19.2 Å². The average Bonchev–Trinajstić information content (AvgIpc) is 1.58. The number of amides is 4. The van der Waals surface area contributed by atoms with Crippen LogP contribution in [-0.2, 0) is 62.5 Å². The first-order chi connectivity index (χ1) is 55.1. The van der Waals surface area contributed by atoms with E-state index in [0.29, 0.717) is 104 Å². The molecule has 17 rings (SSSR count). The van der Waals surface area contributed by atoms with Gasteiger partial charge in [-0.2, -0.15) is 0 Å². The highest BCUT2D eigenvalue weighted by atomic mass is 16.2. The average molecular weight is 1530 g/mol. The second-order valence-corrected chi connectivity index (χ2v) is 38.7. The minimum atomic E-state index is -0.394. The third-order valence-corrected chi connectivity index (χ3v) is 26.3. The van der Waals surface area contributed by atoms with Gasteiger partial charge in [0.2, 0.25) is 23.6 Å². The summed E-state index contributed by atoms with van der Waals surface area (Å²) >= 11 is 0. The van der Waals surface area contributed by atoms with Crippen LogP contribution in [0.1, 0.15) is 204 Å². The van der Waals surface area contributed by atoms with Gasteiger partial charge < -0.3 is 31.2 Å². The summed E-state index contributed by atoms with van der Waals surface area (Å²) in [7, 11) is 0. The lowest BCUT2D eigenvalue weighted by Crippen LogP contribution is -2.22. The lowest BCUT2D eigenvalue weighted by atomic mass is 9.78. The van der Waals surface area contributed by atoms with E-state index in [4.69, 9.17) is 9.97 Å². The molecule has 2 aliphatic heterocycles. The Morgan fingerprint density at radius 2 is 0.517 bits per heavy atom. The second kappa shape index (κ2) is 28.0. The van der Waals surface area contributed by atoms with E-state index in [0.717, 1.165) is 77.8 Å². The summed E-state index contributed by atoms with van der Waals surface area (Å²) in [4.78, 5) is 81.9. The first-order valence-electron chi connectivity index (χ1n) is 41.3. The number of aromatic nitrogens is 4. The van der Waals surface area contributed by atoms with Crippen LogP contribution in [0.25, 0.3) is 90.9 Å². The number of nitrogens with one attached hydrogen (secondary N) is 6. The van der Waals surface area contributed by atoms with Crippen molar-refractivity contribution in [3.05, 3.63) is 286 Å². The van der Waals surface area contributed by atoms with Crippen LogP contribution in [0.5, 0.6) is 0 Å². The molecule has 3 aromatic heterocycles. The zero-order valence-electron chi connectivity index (χ0n) is 69.8. The molecule has 11 aromatic rings. The Morgan fingerprint density at radius 3 is 0.750 bits per heavy atom. The van der Waals surface area contributed by atoms with Gasteiger partial charge in [-0.3, -0.25) is 19.2 Å². The highest BCUT2D eigenvalue weighted by Gasteiger charge is 2.59. The van der Waals surface area contributed by atoms with Gasteiger partial charge in [-0.15, -0.1) is 0 Å². The Hall–Kier alpha value is -11.8. The monoisotopic (exact) mass is 1530 g/mol. The van der Waals surface area contributed by atoms with E-state index < -0.39 is 21.7 Å². The summed E-state index contributed by atoms with van der Waals surface area (Å²) in [5, 5.41) is 14.1. The summed E-state index contributed by atoms with van der Waals surface area (Å²) in [6, 6.07) is 75.2. The van der Waals surface area contributed by atoms with Crippen LogP contribution >= 0.6 is 0 Å². The molecule has 12 heteroatoms. The number of rotatable bonds is 16. The number of benzene rings is 8. The van der Waals surface area contributed by atoms with E-state index in [-0.39, 0.29) is 69.0 Å². The molecule has 12 nitrogen and oxygen atoms in total. The molecule has 8 atom stereocenters. The fourth-order valence-electron chi connectivity index (χ4n) is 18.1. The number of aromatic amines is 2. The molecule has 4 saturated carbocycles. The first-order valence-corrected chi connectivity index (χ1v) is 41.3. The van der Waals surface area contributed by atoms with E-state index in [1.165, 1.54) is 0 Å². The second-order valence-electron chi connectivity index (χ2n) is 38.7. The Kier molecular flexibility index (Phi) is 18.6. The fourth-order valence-corrected chi connectivity index (χ4v) is 18.1. The molecule has 586 valence electrons. The number of anilines is 4. The van der Waals surface area contributed by atoms with Crippen LogP contribution in [0.15, 0.2) is 218 Å². The van der Waals surface area contributed by atoms with Crippen molar-refractivity contribution in [3.8, 4) is 44.5 Å². The molecule has 0 unspecified atom stereocenters. The largest absolute Gasteiger partial charge is 0.354 e. The number of nitrogens with zero attached hydrogens (tertiary/aromatic N) is 2. The molecule has 4 aliphatic carbocycles. The number of carbonyl (C=O) groups excluding carboxylic acids is 4. The van der Waals surface area contributed by atoms with Crippen molar-refractivity contribution < 1.29 is 19.2 Å². The van der Waals surface area contributed by atoms with Crippen molar-refractivity contribution in [2.45, 2.75) is 180 Å². The summed E-state index contributed by atoms with van der Waals surface area (Å²) in [6.45, 7) is 35.7. The van der Waals surface area contributed by atoms with Gasteiger partial charge >= 0.3 is 0 Å². The minimum absolute atomic E-state index is 0.121. The van der Waals surface area contributed by atoms with Gasteiger partial charge in [-0.1, -0.05) is 281 Å². The number of H-pyrrole nitrogens is 2. The van der Waals surface area contributed by atoms with Crippen molar-refractivity contribution in [2.75, 3.05) is 21.3 Å². The molecule has 0 spiro atoms. The van der Waals surface area contributed by atoms with Crippen LogP contribution in [0.3, 0.4) is 0 Å². The first kappa shape index (κ1) is 76.8. The standard InChI is InChI=1S/C104H106N8O4/c1-97(2,3)67-51-61(52-68(55-67)98(4,5)6)87-79-43-47-83(105-79)91(89-75(109-93(113)71-57-101(71,13)63-31-21-17-22-32-63)39-29-40-76(89)110-94(114)72-58-102(72,14)64-33-23-18-24-34-64)85-49-45-81(107-85)88(62-53-69(99(7,8)9)56-70(54-62)100(10,11)12)82-46-50-86(108-82)92(84-48-44-80(87)106-84)90-77(111-95(115)73-59-103(73,15)65-35-25-19-26-36-65)41-30-42-78(90)112-96(116)74-60-104(74,16)66-37-27-20-28-38-66/h17-56,71-74,105,108H,57-60H2,1-16H3,(H,109,113)(H,110,114)(H,111,115)(H,112,116)/t71-,72-,73-,74-,101-,102+,103-,104+/m1/s1. The van der Waals surface area contributed by atoms with Crippen LogP contribution in [0, 0.1) is 23.7 Å². The van der Waals surface area contributed by atoms with Crippen LogP contribution in [0.4, 0.5) is 22.7 Å². The quantitative estimate of drug-likeness (QED) is 0.0562. The van der Waals surface area contributed by atoms with Crippen molar-refractivity contribution in [3.63, 3.8) is 0 Å². The van der Waals surface area contributed by atoms with E-state index in [9.17, 15) is 0 Å². The third-order valence-electron chi connectivity index (χ3n) is 26.3. The van der Waals surface area contributed by atoms with Gasteiger partial charge in [0.25, 0.3) is 0 Å². The summed E-state index contributed by atoms with van der Waals surface area (Å²) in [5.74, 6) is -1.83. The lowest BCUT2D eigenvalue weighted by molar-refractivity contribution is -0.118. The van der Waals surface area contributed by atoms with E-state index in [1.807, 2.05) is 109 Å². The molecule has 4 fully saturated rings. The topological polar surface area (TPSA) is 174 Å². The molecule has 8 bridgehead atoms. The Balaban J connectivity index is 0.969. The lowest BCUT2D eigenvalue weighted by Gasteiger charge is -2.26. The predicted octanol–water partition coefficient (Wildman–Crippen LogP) is 24.2. The van der Waals surface area contributed by atoms with Crippen molar-refractivity contribution in [1.82, 2.24) is 19.9 Å². The maximum absolute atomic E-state index is 15.5. The van der Waals surface area contributed by atoms with Gasteiger partial charge in [0.05, 0.1) is 45.5 Å². The summed E-state index contributed by atoms with van der Waals surface area (Å²) < 4.78 is 0. The number of carbonyl (C=O) groups is 4. The normalized spacial score (nSPS) is 21.9. The van der Waals surface area contributed by atoms with Crippen LogP contribution in [-0.4, -0.2) is 43.6 Å². The highest BCUT2D eigenvalue weighted by Crippen LogP contribution is 2.59. The molecule has 8 aromatic carbocycles. The van der Waals surface area contributed by atoms with Gasteiger partial charge in [0.1, 0.15) is 0 Å². The summed E-state index contributed by atoms with van der Waals surface area (Å²) in [5.41, 5.74) is 19.7. The SMILES string of the molecule is CC(C)(C)c1cc(-c2c3nc(c(-c4c(NC(=O)[C@H]5C[C@@]5(C)c5ccccc5)cccc4NC(=O)[C@H]4C[C@]4(C)c4ccccc4)c4ccc([nH]4)c(-c4cc(C(C)(C)C)cc(C(C)(C)C)c4)c4nc(c(-c5c(NC(=O)[C@H]6C[C@@]6(C)c6ccccc6)cccc5NC(=O)[C@H]5C[C@]5(C)c5ccccc5)c5ccc2[nH]5)C=C4)C=C3)cc(C(C)(C)C)c1. The zero-order valence-corrected chi connectivity index (χ0v) is 69.8. The Bertz CT molecular complexity index is 5460. The van der Waals surface area contributed by atoms with Gasteiger partial charge in [0, 0.05) is 101 Å². The van der Waals surface area contributed by atoms with E-state index in [2.05, 4.69) is 276 Å². The minimum Gasteiger partial charge on any atom is -0.354 e. The molecular formula is C104H106N8O4. The third kappa shape index (κ3) is 14.1. The number of hydrogen-bond donors (Lipinski definition) is 6. The smallest absolute Gasteiger partial charge is 0.228 e. The van der Waals surface area contributed by atoms with Crippen LogP contribution < -0.4 is 21.3 Å². The number of fused-ring (bicyclic) bond motifs is 8. The highest BCUT2D eigenvalue weighted by molar-refractivity contribution is 6.12. The Morgan fingerprint density at radius 1 is 0.293 bits per heavy atom. The molecule has 6 aliphatic rings. The molecular weight excluding hydrogens is 1430 g/mol. The van der Waals surface area contributed by atoms with Gasteiger partial charge in [-0.25, -0.2) is 9.97 Å². The maximum Gasteiger partial charge on any atom is 0.228 e. The fraction of sp³-hybridized carbons (Fsp3) is 0.308.